The second kappa shape index (κ2) is 8.23. The zero-order valence-corrected chi connectivity index (χ0v) is 14.6. The molecule has 1 unspecified atom stereocenters. The number of carbonyl (C=O) groups is 1. The van der Waals surface area contributed by atoms with Gasteiger partial charge in [-0.3, -0.25) is 4.79 Å². The summed E-state index contributed by atoms with van der Waals surface area (Å²) in [5.74, 6) is 0.194. The van der Waals surface area contributed by atoms with E-state index in [1.807, 2.05) is 51.1 Å². The molecule has 0 aliphatic carbocycles. The first-order chi connectivity index (χ1) is 11.5. The number of rotatable bonds is 6. The van der Waals surface area contributed by atoms with Crippen LogP contribution in [0.3, 0.4) is 0 Å². The number of allylic oxidation sites excluding steroid dienone is 2. The molecule has 0 bridgehead atoms. The van der Waals surface area contributed by atoms with Gasteiger partial charge in [-0.1, -0.05) is 44.2 Å². The second-order valence-corrected chi connectivity index (χ2v) is 6.57. The number of ether oxygens (including phenoxy) is 2. The molecule has 2 rings (SSSR count). The summed E-state index contributed by atoms with van der Waals surface area (Å²) in [4.78, 5) is 12.6. The average Bonchev–Trinajstić information content (AvgIpc) is 2.61. The predicted molar refractivity (Wildman–Crippen MR) is 92.2 cm³/mol. The minimum absolute atomic E-state index is 0.194. The van der Waals surface area contributed by atoms with Crippen molar-refractivity contribution in [2.75, 3.05) is 6.61 Å². The molecule has 1 saturated heterocycles. The zero-order valence-electron chi connectivity index (χ0n) is 14.6. The van der Waals surface area contributed by atoms with Crippen LogP contribution in [-0.2, 0) is 14.3 Å². The van der Waals surface area contributed by atoms with Crippen LogP contribution in [0.25, 0.3) is 0 Å². The molecule has 1 aromatic rings. The van der Waals surface area contributed by atoms with E-state index in [2.05, 4.69) is 6.07 Å². The highest BCUT2D eigenvalue weighted by atomic mass is 16.7. The number of nitriles is 1. The largest absolute Gasteiger partial charge is 0.348 e. The van der Waals surface area contributed by atoms with Crippen molar-refractivity contribution in [2.45, 2.75) is 52.4 Å². The third kappa shape index (κ3) is 4.11. The number of ketones is 1. The topological polar surface area (TPSA) is 59.3 Å². The first-order valence-corrected chi connectivity index (χ1v) is 8.41. The van der Waals surface area contributed by atoms with Crippen molar-refractivity contribution in [1.82, 2.24) is 0 Å². The van der Waals surface area contributed by atoms with Gasteiger partial charge in [0.15, 0.2) is 6.29 Å². The Balaban J connectivity index is 2.12. The lowest BCUT2D eigenvalue weighted by Crippen LogP contribution is -2.43. The van der Waals surface area contributed by atoms with Gasteiger partial charge in [0, 0.05) is 17.4 Å². The number of nitrogens with zero attached hydrogens (tertiary/aromatic N) is 1. The van der Waals surface area contributed by atoms with Crippen LogP contribution in [0.1, 0.15) is 57.5 Å². The summed E-state index contributed by atoms with van der Waals surface area (Å²) in [6, 6.07) is 9.44. The Hall–Kier alpha value is -1.96. The van der Waals surface area contributed by atoms with Crippen LogP contribution in [-0.4, -0.2) is 18.5 Å². The Bertz CT molecular complexity index is 643. The number of Topliss-reactive ketones (excluding diaryl/α,β-unsaturated/α-hetero) is 1. The normalized spacial score (nSPS) is 21.6. The van der Waals surface area contributed by atoms with Gasteiger partial charge in [0.05, 0.1) is 24.3 Å². The molecule has 1 aromatic carbocycles. The molecule has 0 radical (unpaired) electrons. The lowest BCUT2D eigenvalue weighted by molar-refractivity contribution is -0.238. The van der Waals surface area contributed by atoms with E-state index in [1.165, 1.54) is 0 Å². The van der Waals surface area contributed by atoms with Crippen molar-refractivity contribution in [3.05, 3.63) is 47.5 Å². The molecule has 4 heteroatoms. The van der Waals surface area contributed by atoms with Crippen molar-refractivity contribution in [3.63, 3.8) is 0 Å². The molecule has 0 amide bonds. The molecule has 24 heavy (non-hydrogen) atoms. The summed E-state index contributed by atoms with van der Waals surface area (Å²) >= 11 is 0. The van der Waals surface area contributed by atoms with Crippen LogP contribution < -0.4 is 0 Å². The maximum absolute atomic E-state index is 12.6. The zero-order chi connectivity index (χ0) is 17.6. The van der Waals surface area contributed by atoms with E-state index in [1.54, 1.807) is 6.07 Å². The summed E-state index contributed by atoms with van der Waals surface area (Å²) in [6.45, 7) is 6.34. The number of hydrogen-bond acceptors (Lipinski definition) is 4. The quantitative estimate of drug-likeness (QED) is 0.730. The van der Waals surface area contributed by atoms with Crippen LogP contribution in [0.4, 0.5) is 0 Å². The summed E-state index contributed by atoms with van der Waals surface area (Å²) in [5.41, 5.74) is 0.688. The van der Waals surface area contributed by atoms with Crippen molar-refractivity contribution in [2.24, 2.45) is 5.41 Å². The fourth-order valence-electron chi connectivity index (χ4n) is 2.92. The molecule has 128 valence electrons. The van der Waals surface area contributed by atoms with Gasteiger partial charge >= 0.3 is 0 Å². The molecule has 0 N–H and O–H groups in total. The highest BCUT2D eigenvalue weighted by Gasteiger charge is 2.40. The molecule has 0 saturated carbocycles. The Morgan fingerprint density at radius 3 is 2.88 bits per heavy atom. The van der Waals surface area contributed by atoms with Gasteiger partial charge < -0.3 is 9.47 Å². The average molecular weight is 327 g/mol. The molecular weight excluding hydrogens is 302 g/mol. The van der Waals surface area contributed by atoms with Crippen LogP contribution in [0, 0.1) is 16.7 Å². The first kappa shape index (κ1) is 18.4. The van der Waals surface area contributed by atoms with Crippen molar-refractivity contribution in [3.8, 4) is 6.07 Å². The fraction of sp³-hybridized carbons (Fsp3) is 0.500. The predicted octanol–water partition coefficient (Wildman–Crippen LogP) is 4.31. The van der Waals surface area contributed by atoms with Crippen LogP contribution >= 0.6 is 0 Å². The van der Waals surface area contributed by atoms with Gasteiger partial charge in [-0.15, -0.1) is 0 Å². The van der Waals surface area contributed by atoms with E-state index < -0.39 is 11.7 Å². The minimum Gasteiger partial charge on any atom is -0.348 e. The Kier molecular flexibility index (Phi) is 6.30. The van der Waals surface area contributed by atoms with Gasteiger partial charge in [0.1, 0.15) is 5.78 Å². The molecular formula is C20H25NO3. The molecule has 0 spiro atoms. The third-order valence-electron chi connectivity index (χ3n) is 4.57. The highest BCUT2D eigenvalue weighted by Crippen LogP contribution is 2.37. The number of carbonyl (C=O) groups excluding carboxylic acids is 1. The SMILES string of the molecule is C/C=C/CCC(=O)C(C)(C)[C@@H]1CCOC(c2ccccc2C#N)O1. The number of benzene rings is 1. The lowest BCUT2D eigenvalue weighted by Gasteiger charge is -2.39. The summed E-state index contributed by atoms with van der Waals surface area (Å²) in [5, 5.41) is 9.26. The third-order valence-corrected chi connectivity index (χ3v) is 4.57. The van der Waals surface area contributed by atoms with Crippen LogP contribution in [0.2, 0.25) is 0 Å². The molecule has 1 aliphatic heterocycles. The Morgan fingerprint density at radius 2 is 2.17 bits per heavy atom. The molecule has 4 nitrogen and oxygen atoms in total. The molecule has 1 aliphatic rings. The molecule has 2 atom stereocenters. The van der Waals surface area contributed by atoms with E-state index in [0.717, 1.165) is 12.0 Å². The lowest BCUT2D eigenvalue weighted by atomic mass is 9.78. The van der Waals surface area contributed by atoms with Crippen LogP contribution in [0.5, 0.6) is 0 Å². The fourth-order valence-corrected chi connectivity index (χ4v) is 2.92. The van der Waals surface area contributed by atoms with E-state index in [0.29, 0.717) is 25.0 Å². The maximum Gasteiger partial charge on any atom is 0.185 e. The van der Waals surface area contributed by atoms with Gasteiger partial charge in [-0.2, -0.15) is 5.26 Å². The summed E-state index contributed by atoms with van der Waals surface area (Å²) in [7, 11) is 0. The van der Waals surface area contributed by atoms with Crippen molar-refractivity contribution >= 4 is 5.78 Å². The smallest absolute Gasteiger partial charge is 0.185 e. The Morgan fingerprint density at radius 1 is 1.42 bits per heavy atom. The van der Waals surface area contributed by atoms with Gasteiger partial charge in [-0.05, 0) is 25.8 Å². The molecule has 1 fully saturated rings. The summed E-state index contributed by atoms with van der Waals surface area (Å²) < 4.78 is 11.8. The van der Waals surface area contributed by atoms with E-state index in [4.69, 9.17) is 9.47 Å². The van der Waals surface area contributed by atoms with Gasteiger partial charge in [-0.25, -0.2) is 0 Å². The monoisotopic (exact) mass is 327 g/mol. The molecule has 1 heterocycles. The van der Waals surface area contributed by atoms with E-state index in [9.17, 15) is 10.1 Å². The van der Waals surface area contributed by atoms with E-state index in [-0.39, 0.29) is 11.9 Å². The molecule has 0 aromatic heterocycles. The standard InChI is InChI=1S/C20H25NO3/c1-4-5-6-11-17(22)20(2,3)18-12-13-23-19(24-18)16-10-8-7-9-15(16)14-21/h4-5,7-10,18-19H,6,11-13H2,1-3H3/b5-4+/t18-,19?/m0/s1. The van der Waals surface area contributed by atoms with Crippen molar-refractivity contribution < 1.29 is 14.3 Å². The van der Waals surface area contributed by atoms with Gasteiger partial charge in [0.2, 0.25) is 0 Å². The highest BCUT2D eigenvalue weighted by molar-refractivity contribution is 5.84. The van der Waals surface area contributed by atoms with Crippen LogP contribution in [0.15, 0.2) is 36.4 Å². The second-order valence-electron chi connectivity index (χ2n) is 6.57. The minimum atomic E-state index is -0.595. The maximum atomic E-state index is 12.6. The first-order valence-electron chi connectivity index (χ1n) is 8.41. The van der Waals surface area contributed by atoms with Crippen molar-refractivity contribution in [1.29, 1.82) is 5.26 Å². The summed E-state index contributed by atoms with van der Waals surface area (Å²) in [6.07, 6.45) is 5.09. The Labute approximate surface area is 144 Å². The van der Waals surface area contributed by atoms with E-state index >= 15 is 0 Å². The van der Waals surface area contributed by atoms with Gasteiger partial charge in [0.25, 0.3) is 0 Å². The number of hydrogen-bond donors (Lipinski definition) is 0.